The van der Waals surface area contributed by atoms with Crippen molar-refractivity contribution in [3.63, 3.8) is 0 Å². The Bertz CT molecular complexity index is 264. The van der Waals surface area contributed by atoms with E-state index < -0.39 is 11.7 Å². The van der Waals surface area contributed by atoms with Crippen molar-refractivity contribution < 1.29 is 30.2 Å². The first kappa shape index (κ1) is 16.0. The molecule has 0 saturated heterocycles. The summed E-state index contributed by atoms with van der Waals surface area (Å²) in [5.41, 5.74) is -0.773. The van der Waals surface area contributed by atoms with Gasteiger partial charge in [0.15, 0.2) is 0 Å². The fraction of sp³-hybridized carbons (Fsp3) is 0.143. The molecule has 0 unspecified atom stereocenters. The van der Waals surface area contributed by atoms with E-state index in [1.54, 1.807) is 0 Å². The number of rotatable bonds is 0. The molecule has 0 aliphatic rings. The third-order valence-electron chi connectivity index (χ3n) is 1.08. The number of halogens is 5. The molecular weight excluding hydrogens is 281 g/mol. The molecule has 0 N–H and O–H groups in total. The van der Waals surface area contributed by atoms with Gasteiger partial charge in [0.25, 0.3) is 0 Å². The van der Waals surface area contributed by atoms with Crippen molar-refractivity contribution in [2.24, 2.45) is 0 Å². The van der Waals surface area contributed by atoms with Crippen molar-refractivity contribution in [3.8, 4) is 0 Å². The maximum absolute atomic E-state index is 11.9. The van der Waals surface area contributed by atoms with Gasteiger partial charge in [-0.2, -0.15) is 43.0 Å². The smallest absolute Gasteiger partial charge is 1.00 e. The second kappa shape index (κ2) is 6.11. The third-order valence-corrected chi connectivity index (χ3v) is 1.30. The largest absolute Gasteiger partial charge is 2.00 e. The molecule has 0 nitrogen and oxygen atoms in total. The van der Waals surface area contributed by atoms with Crippen LogP contribution in [0.15, 0.2) is 18.2 Å². The molecule has 6 heteroatoms. The van der Waals surface area contributed by atoms with Crippen LogP contribution < -0.4 is 17.0 Å². The fourth-order valence-electron chi connectivity index (χ4n) is 0.607. The van der Waals surface area contributed by atoms with Gasteiger partial charge in [-0.1, -0.05) is 10.6 Å². The van der Waals surface area contributed by atoms with Crippen LogP contribution in [0.3, 0.4) is 0 Å². The average Bonchev–Trinajstić information content (AvgIpc) is 1.86. The molecular formula is C7H3BrClF3Mg. The van der Waals surface area contributed by atoms with Crippen molar-refractivity contribution in [2.45, 2.75) is 6.18 Å². The summed E-state index contributed by atoms with van der Waals surface area (Å²) in [4.78, 5) is 0. The first-order valence-corrected chi connectivity index (χ1v) is 3.12. The van der Waals surface area contributed by atoms with Gasteiger partial charge in [0, 0.05) is 0 Å². The Hall–Kier alpha value is 0.546. The second-order valence-corrected chi connectivity index (χ2v) is 2.37. The monoisotopic (exact) mass is 282 g/mol. The molecule has 0 fully saturated rings. The molecule has 0 saturated carbocycles. The van der Waals surface area contributed by atoms with Gasteiger partial charge in [0.1, 0.15) is 0 Å². The van der Waals surface area contributed by atoms with E-state index in [1.165, 1.54) is 6.07 Å². The summed E-state index contributed by atoms with van der Waals surface area (Å²) in [5.74, 6) is 0. The molecule has 0 spiro atoms. The molecule has 0 heterocycles. The van der Waals surface area contributed by atoms with E-state index in [9.17, 15) is 13.2 Å². The van der Waals surface area contributed by atoms with Crippen molar-refractivity contribution >= 4 is 34.7 Å². The minimum absolute atomic E-state index is 0. The van der Waals surface area contributed by atoms with Crippen LogP contribution in [0.25, 0.3) is 0 Å². The van der Waals surface area contributed by atoms with Crippen LogP contribution in [-0.4, -0.2) is 23.1 Å². The first-order chi connectivity index (χ1) is 5.00. The summed E-state index contributed by atoms with van der Waals surface area (Å²) in [6, 6.07) is 5.27. The quantitative estimate of drug-likeness (QED) is 0.456. The van der Waals surface area contributed by atoms with Crippen LogP contribution in [0.2, 0.25) is 5.02 Å². The number of benzene rings is 1. The van der Waals surface area contributed by atoms with Crippen molar-refractivity contribution in [2.75, 3.05) is 0 Å². The molecule has 1 aromatic rings. The predicted molar refractivity (Wildman–Crippen MR) is 41.0 cm³/mol. The molecule has 0 aromatic heterocycles. The number of hydrogen-bond donors (Lipinski definition) is 0. The van der Waals surface area contributed by atoms with Gasteiger partial charge >= 0.3 is 29.2 Å². The minimum Gasteiger partial charge on any atom is -1.00 e. The van der Waals surface area contributed by atoms with Gasteiger partial charge in [0.2, 0.25) is 0 Å². The van der Waals surface area contributed by atoms with Crippen LogP contribution in [0, 0.1) is 6.07 Å². The molecule has 0 bridgehead atoms. The Balaban J connectivity index is 0. The number of alkyl halides is 3. The van der Waals surface area contributed by atoms with Gasteiger partial charge in [-0.15, -0.1) is 6.07 Å². The van der Waals surface area contributed by atoms with Crippen LogP contribution in [0.4, 0.5) is 13.2 Å². The van der Waals surface area contributed by atoms with E-state index in [0.29, 0.717) is 0 Å². The Morgan fingerprint density at radius 3 is 2.08 bits per heavy atom. The summed E-state index contributed by atoms with van der Waals surface area (Å²) in [7, 11) is 0. The van der Waals surface area contributed by atoms with Gasteiger partial charge < -0.3 is 17.0 Å². The summed E-state index contributed by atoms with van der Waals surface area (Å²) >= 11 is 5.32. The molecule has 0 aliphatic heterocycles. The van der Waals surface area contributed by atoms with Crippen molar-refractivity contribution in [3.05, 3.63) is 34.9 Å². The van der Waals surface area contributed by atoms with E-state index in [4.69, 9.17) is 11.6 Å². The fourth-order valence-corrected chi connectivity index (χ4v) is 0.787. The molecule has 68 valence electrons. The van der Waals surface area contributed by atoms with E-state index >= 15 is 0 Å². The predicted octanol–water partition coefficient (Wildman–Crippen LogP) is -0.218. The van der Waals surface area contributed by atoms with Gasteiger partial charge in [0.05, 0.1) is 0 Å². The molecule has 0 atom stereocenters. The van der Waals surface area contributed by atoms with Crippen LogP contribution in [0.5, 0.6) is 0 Å². The zero-order chi connectivity index (χ0) is 8.48. The van der Waals surface area contributed by atoms with Gasteiger partial charge in [-0.05, 0) is 0 Å². The molecule has 1 rings (SSSR count). The molecule has 13 heavy (non-hydrogen) atoms. The first-order valence-electron chi connectivity index (χ1n) is 2.74. The van der Waals surface area contributed by atoms with E-state index in [-0.39, 0.29) is 45.1 Å². The minimum atomic E-state index is -4.33. The SMILES string of the molecule is FC(F)(F)c1c[c-]cc(Cl)c1.[Br-].[Mg+2]. The van der Waals surface area contributed by atoms with E-state index in [0.717, 1.165) is 12.1 Å². The van der Waals surface area contributed by atoms with Crippen molar-refractivity contribution in [1.82, 2.24) is 0 Å². The standard InChI is InChI=1S/C7H3ClF3.BrH.Mg/c8-6-3-1-2-5(4-6)7(9,10)11;;/h2-4H;1H;/q-1;;+2/p-1. The summed E-state index contributed by atoms with van der Waals surface area (Å²) in [6.45, 7) is 0. The van der Waals surface area contributed by atoms with Crippen LogP contribution in [0.1, 0.15) is 5.56 Å². The van der Waals surface area contributed by atoms with Crippen LogP contribution in [-0.2, 0) is 6.18 Å². The topological polar surface area (TPSA) is 0 Å². The van der Waals surface area contributed by atoms with Gasteiger partial charge in [-0.3, -0.25) is 0 Å². The Morgan fingerprint density at radius 2 is 1.77 bits per heavy atom. The Morgan fingerprint density at radius 1 is 1.23 bits per heavy atom. The third kappa shape index (κ3) is 5.10. The van der Waals surface area contributed by atoms with E-state index in [2.05, 4.69) is 6.07 Å². The average molecular weight is 284 g/mol. The molecule has 1 aromatic carbocycles. The zero-order valence-electron chi connectivity index (χ0n) is 6.33. The van der Waals surface area contributed by atoms with Crippen LogP contribution >= 0.6 is 11.6 Å². The Kier molecular flexibility index (Phi) is 7.52. The van der Waals surface area contributed by atoms with E-state index in [1.807, 2.05) is 0 Å². The zero-order valence-corrected chi connectivity index (χ0v) is 10.1. The maximum Gasteiger partial charge on any atom is 2.00 e. The second-order valence-electron chi connectivity index (χ2n) is 1.94. The Labute approximate surface area is 105 Å². The summed E-state index contributed by atoms with van der Waals surface area (Å²) in [6.07, 6.45) is -4.33. The van der Waals surface area contributed by atoms with Gasteiger partial charge in [-0.25, -0.2) is 0 Å². The molecule has 0 aliphatic carbocycles. The maximum atomic E-state index is 11.9. The molecule has 0 amide bonds. The summed E-state index contributed by atoms with van der Waals surface area (Å²) in [5, 5.41) is 0.0415. The van der Waals surface area contributed by atoms with Crippen molar-refractivity contribution in [1.29, 1.82) is 0 Å². The summed E-state index contributed by atoms with van der Waals surface area (Å²) < 4.78 is 35.7. The molecule has 0 radical (unpaired) electrons. The number of hydrogen-bond acceptors (Lipinski definition) is 0. The normalized spacial score (nSPS) is 9.85.